The van der Waals surface area contributed by atoms with Gasteiger partial charge in [-0.2, -0.15) is 8.78 Å². The topological polar surface area (TPSA) is 49.3 Å². The van der Waals surface area contributed by atoms with Crippen LogP contribution in [0.2, 0.25) is 0 Å². The molecule has 132 valence electrons. The fraction of sp³-hybridized carbons (Fsp3) is 0.526. The van der Waals surface area contributed by atoms with Crippen LogP contribution in [-0.4, -0.2) is 29.1 Å². The highest BCUT2D eigenvalue weighted by Gasteiger charge is 2.47. The van der Waals surface area contributed by atoms with Crippen LogP contribution in [0, 0.1) is 5.92 Å². The number of aryl methyl sites for hydroxylation is 1. The number of unbranched alkanes of at least 4 members (excludes halogenated alkanes) is 1. The van der Waals surface area contributed by atoms with Crippen molar-refractivity contribution in [2.45, 2.75) is 57.1 Å². The Balaban J connectivity index is 1.67. The van der Waals surface area contributed by atoms with Crippen molar-refractivity contribution in [2.75, 3.05) is 0 Å². The Morgan fingerprint density at radius 1 is 1.33 bits per heavy atom. The summed E-state index contributed by atoms with van der Waals surface area (Å²) < 4.78 is 26.2. The number of hydrogen-bond donors (Lipinski definition) is 2. The number of hydrogen-bond acceptors (Lipinski definition) is 2. The molecule has 0 unspecified atom stereocenters. The van der Waals surface area contributed by atoms with Crippen LogP contribution < -0.4 is 5.32 Å². The smallest absolute Gasteiger partial charge is 0.326 e. The van der Waals surface area contributed by atoms with Crippen molar-refractivity contribution in [1.82, 2.24) is 5.32 Å². The summed E-state index contributed by atoms with van der Waals surface area (Å²) in [5.41, 5.74) is 1.31. The van der Waals surface area contributed by atoms with E-state index < -0.39 is 30.4 Å². The van der Waals surface area contributed by atoms with E-state index in [1.165, 1.54) is 17.7 Å². The zero-order chi connectivity index (χ0) is 17.6. The Labute approximate surface area is 141 Å². The first-order valence-corrected chi connectivity index (χ1v) is 8.47. The SMILES string of the molecule is C[C@@H](CCCCc1ccccc1)[C@@H](O)/C=C/[C@H]1CC(F)(F)C(=O)N1. The lowest BCUT2D eigenvalue weighted by Crippen LogP contribution is -2.30. The molecule has 3 nitrogen and oxygen atoms in total. The first kappa shape index (κ1) is 18.6. The van der Waals surface area contributed by atoms with Crippen molar-refractivity contribution in [3.8, 4) is 0 Å². The van der Waals surface area contributed by atoms with Crippen molar-refractivity contribution >= 4 is 5.91 Å². The standard InChI is InChI=1S/C19H25F2NO2/c1-14(7-5-6-10-15-8-3-2-4-9-15)17(23)12-11-16-13-19(20,21)18(24)22-16/h2-4,8-9,11-12,14,16-17,23H,5-7,10,13H2,1H3,(H,22,24)/b12-11+/t14-,16-,17-/m0/s1. The number of amides is 1. The molecule has 0 spiro atoms. The lowest BCUT2D eigenvalue weighted by molar-refractivity contribution is -0.139. The van der Waals surface area contributed by atoms with Gasteiger partial charge in [-0.1, -0.05) is 55.8 Å². The number of carbonyl (C=O) groups is 1. The van der Waals surface area contributed by atoms with Crippen molar-refractivity contribution in [3.63, 3.8) is 0 Å². The summed E-state index contributed by atoms with van der Waals surface area (Å²) in [6.45, 7) is 1.94. The number of halogens is 2. The summed E-state index contributed by atoms with van der Waals surface area (Å²) in [6, 6.07) is 9.55. The van der Waals surface area contributed by atoms with Gasteiger partial charge in [-0.25, -0.2) is 0 Å². The van der Waals surface area contributed by atoms with Gasteiger partial charge in [0.25, 0.3) is 5.91 Å². The third kappa shape index (κ3) is 5.41. The van der Waals surface area contributed by atoms with E-state index in [0.717, 1.165) is 25.7 Å². The van der Waals surface area contributed by atoms with Crippen molar-refractivity contribution in [2.24, 2.45) is 5.92 Å². The van der Waals surface area contributed by atoms with Crippen molar-refractivity contribution in [1.29, 1.82) is 0 Å². The molecule has 0 bridgehead atoms. The van der Waals surface area contributed by atoms with Gasteiger partial charge in [0.2, 0.25) is 0 Å². The van der Waals surface area contributed by atoms with Crippen molar-refractivity contribution < 1.29 is 18.7 Å². The minimum atomic E-state index is -3.30. The predicted molar refractivity (Wildman–Crippen MR) is 89.8 cm³/mol. The fourth-order valence-corrected chi connectivity index (χ4v) is 2.86. The summed E-state index contributed by atoms with van der Waals surface area (Å²) >= 11 is 0. The summed E-state index contributed by atoms with van der Waals surface area (Å²) in [5.74, 6) is -4.49. The second kappa shape index (κ2) is 8.38. The molecule has 1 aromatic carbocycles. The van der Waals surface area contributed by atoms with Gasteiger partial charge in [-0.05, 0) is 30.7 Å². The van der Waals surface area contributed by atoms with Gasteiger partial charge >= 0.3 is 5.92 Å². The van der Waals surface area contributed by atoms with E-state index in [4.69, 9.17) is 0 Å². The molecule has 1 saturated heterocycles. The Morgan fingerprint density at radius 3 is 2.67 bits per heavy atom. The normalized spacial score (nSPS) is 22.5. The second-order valence-electron chi connectivity index (χ2n) is 6.57. The first-order valence-electron chi connectivity index (χ1n) is 8.47. The van der Waals surface area contributed by atoms with E-state index in [2.05, 4.69) is 17.4 Å². The minimum absolute atomic E-state index is 0.0506. The first-order chi connectivity index (χ1) is 11.4. The lowest BCUT2D eigenvalue weighted by Gasteiger charge is -2.16. The van der Waals surface area contributed by atoms with Crippen molar-refractivity contribution in [3.05, 3.63) is 48.0 Å². The molecule has 1 heterocycles. The molecular formula is C19H25F2NO2. The van der Waals surface area contributed by atoms with Gasteiger partial charge in [0, 0.05) is 6.42 Å². The van der Waals surface area contributed by atoms with Gasteiger partial charge in [-0.15, -0.1) is 0 Å². The molecule has 1 aromatic rings. The monoisotopic (exact) mass is 337 g/mol. The number of rotatable bonds is 8. The maximum Gasteiger partial charge on any atom is 0.326 e. The molecular weight excluding hydrogens is 312 g/mol. The molecule has 0 aliphatic carbocycles. The van der Waals surface area contributed by atoms with Gasteiger partial charge < -0.3 is 10.4 Å². The lowest BCUT2D eigenvalue weighted by atomic mass is 9.95. The maximum atomic E-state index is 13.1. The molecule has 2 N–H and O–H groups in total. The van der Waals surface area contributed by atoms with Gasteiger partial charge in [-0.3, -0.25) is 4.79 Å². The van der Waals surface area contributed by atoms with E-state index in [0.29, 0.717) is 0 Å². The Kier molecular flexibility index (Phi) is 6.49. The van der Waals surface area contributed by atoms with E-state index in [1.807, 2.05) is 25.1 Å². The average molecular weight is 337 g/mol. The second-order valence-corrected chi connectivity index (χ2v) is 6.57. The number of aliphatic hydroxyl groups excluding tert-OH is 1. The number of benzene rings is 1. The minimum Gasteiger partial charge on any atom is -0.389 e. The number of aliphatic hydroxyl groups is 1. The molecule has 1 amide bonds. The quantitative estimate of drug-likeness (QED) is 0.564. The fourth-order valence-electron chi connectivity index (χ4n) is 2.86. The zero-order valence-corrected chi connectivity index (χ0v) is 13.9. The molecule has 3 atom stereocenters. The molecule has 5 heteroatoms. The predicted octanol–water partition coefficient (Wildman–Crippen LogP) is 3.48. The molecule has 0 saturated carbocycles. The Morgan fingerprint density at radius 2 is 2.04 bits per heavy atom. The van der Waals surface area contributed by atoms with Crippen LogP contribution in [0.1, 0.15) is 38.2 Å². The van der Waals surface area contributed by atoms with Crippen LogP contribution in [-0.2, 0) is 11.2 Å². The largest absolute Gasteiger partial charge is 0.389 e. The highest BCUT2D eigenvalue weighted by atomic mass is 19.3. The summed E-state index contributed by atoms with van der Waals surface area (Å²) in [6.07, 6.45) is 5.70. The number of nitrogens with one attached hydrogen (secondary N) is 1. The van der Waals surface area contributed by atoms with Gasteiger partial charge in [0.15, 0.2) is 0 Å². The Bertz CT molecular complexity index is 560. The summed E-state index contributed by atoms with van der Waals surface area (Å²) in [7, 11) is 0. The van der Waals surface area contributed by atoms with Crippen LogP contribution in [0.5, 0.6) is 0 Å². The highest BCUT2D eigenvalue weighted by Crippen LogP contribution is 2.27. The van der Waals surface area contributed by atoms with Gasteiger partial charge in [0.05, 0.1) is 12.1 Å². The molecule has 0 radical (unpaired) electrons. The number of alkyl halides is 2. The molecule has 0 aromatic heterocycles. The van der Waals surface area contributed by atoms with Crippen LogP contribution in [0.25, 0.3) is 0 Å². The third-order valence-corrected chi connectivity index (χ3v) is 4.47. The molecule has 2 rings (SSSR count). The average Bonchev–Trinajstić information content (AvgIpc) is 2.82. The molecule has 1 aliphatic heterocycles. The highest BCUT2D eigenvalue weighted by molar-refractivity contribution is 5.86. The van der Waals surface area contributed by atoms with E-state index in [-0.39, 0.29) is 5.92 Å². The van der Waals surface area contributed by atoms with Crippen LogP contribution in [0.15, 0.2) is 42.5 Å². The third-order valence-electron chi connectivity index (χ3n) is 4.47. The molecule has 1 aliphatic rings. The summed E-state index contributed by atoms with van der Waals surface area (Å²) in [5, 5.41) is 12.3. The maximum absolute atomic E-state index is 13.1. The molecule has 24 heavy (non-hydrogen) atoms. The number of carbonyl (C=O) groups excluding carboxylic acids is 1. The van der Waals surface area contributed by atoms with Gasteiger partial charge in [0.1, 0.15) is 0 Å². The zero-order valence-electron chi connectivity index (χ0n) is 13.9. The van der Waals surface area contributed by atoms with Crippen LogP contribution >= 0.6 is 0 Å². The van der Waals surface area contributed by atoms with Crippen LogP contribution in [0.4, 0.5) is 8.78 Å². The molecule has 1 fully saturated rings. The van der Waals surface area contributed by atoms with E-state index in [1.54, 1.807) is 0 Å². The Hall–Kier alpha value is -1.75. The van der Waals surface area contributed by atoms with E-state index >= 15 is 0 Å². The van der Waals surface area contributed by atoms with Crippen LogP contribution in [0.3, 0.4) is 0 Å². The summed E-state index contributed by atoms with van der Waals surface area (Å²) in [4.78, 5) is 11.0. The van der Waals surface area contributed by atoms with E-state index in [9.17, 15) is 18.7 Å².